The number of aliphatic hydroxyl groups is 1. The Balaban J connectivity index is 1.37. The van der Waals surface area contributed by atoms with Crippen molar-refractivity contribution in [3.63, 3.8) is 0 Å². The van der Waals surface area contributed by atoms with Gasteiger partial charge >= 0.3 is 6.09 Å². The van der Waals surface area contributed by atoms with Crippen molar-refractivity contribution in [3.05, 3.63) is 83.6 Å². The van der Waals surface area contributed by atoms with Gasteiger partial charge in [0.1, 0.15) is 12.1 Å². The summed E-state index contributed by atoms with van der Waals surface area (Å²) in [5.41, 5.74) is 4.04. The van der Waals surface area contributed by atoms with Crippen LogP contribution in [0.5, 0.6) is 0 Å². The van der Waals surface area contributed by atoms with Gasteiger partial charge in [-0.05, 0) is 67.2 Å². The maximum Gasteiger partial charge on any atom is 0.410 e. The van der Waals surface area contributed by atoms with Crippen LogP contribution in [0.15, 0.2) is 73.1 Å². The highest BCUT2D eigenvalue weighted by atomic mass is 35.5. The molecule has 0 radical (unpaired) electrons. The fourth-order valence-electron chi connectivity index (χ4n) is 5.48. The lowest BCUT2D eigenvalue weighted by molar-refractivity contribution is -0.0128. The number of carbonyl (C=O) groups excluding carboxylic acids is 1. The molecule has 3 atom stereocenters. The lowest BCUT2D eigenvalue weighted by Gasteiger charge is -2.46. The van der Waals surface area contributed by atoms with Crippen molar-refractivity contribution in [1.82, 2.24) is 19.4 Å². The van der Waals surface area contributed by atoms with Gasteiger partial charge in [0.2, 0.25) is 0 Å². The first-order valence-electron chi connectivity index (χ1n) is 15.3. The van der Waals surface area contributed by atoms with Crippen molar-refractivity contribution in [2.45, 2.75) is 89.6 Å². The predicted molar refractivity (Wildman–Crippen MR) is 177 cm³/mol. The third-order valence-electron chi connectivity index (χ3n) is 8.91. The number of imidazole rings is 1. The number of piperidine rings is 1. The number of nitrogens with zero attached hydrogens (tertiary/aromatic N) is 4. The number of aromatic nitrogens is 3. The third-order valence-corrected chi connectivity index (χ3v) is 13.7. The molecule has 1 aliphatic rings. The van der Waals surface area contributed by atoms with Gasteiger partial charge < -0.3 is 23.7 Å². The molecular weight excluding hydrogens is 592 g/mol. The summed E-state index contributed by atoms with van der Waals surface area (Å²) in [7, 11) is -2.16. The number of likely N-dealkylation sites (tertiary alicyclic amines) is 1. The van der Waals surface area contributed by atoms with Gasteiger partial charge in [0.25, 0.3) is 0 Å². The van der Waals surface area contributed by atoms with Crippen molar-refractivity contribution in [1.29, 1.82) is 0 Å². The largest absolute Gasteiger partial charge is 0.445 e. The van der Waals surface area contributed by atoms with E-state index in [0.29, 0.717) is 23.6 Å². The van der Waals surface area contributed by atoms with Crippen molar-refractivity contribution < 1.29 is 19.1 Å². The van der Waals surface area contributed by atoms with Crippen LogP contribution < -0.4 is 0 Å². The Morgan fingerprint density at radius 1 is 1.11 bits per heavy atom. The summed E-state index contributed by atoms with van der Waals surface area (Å²) in [5, 5.41) is 12.2. The number of halogens is 1. The maximum atomic E-state index is 13.5. The molecule has 0 aliphatic carbocycles. The molecule has 44 heavy (non-hydrogen) atoms. The first kappa shape index (κ1) is 32.2. The second-order valence-electron chi connectivity index (χ2n) is 13.2. The van der Waals surface area contributed by atoms with Gasteiger partial charge in [-0.3, -0.25) is 0 Å². The number of ether oxygens (including phenoxy) is 1. The smallest absolute Gasteiger partial charge is 0.410 e. The quantitative estimate of drug-likeness (QED) is 0.190. The van der Waals surface area contributed by atoms with Crippen LogP contribution in [-0.2, 0) is 22.3 Å². The van der Waals surface area contributed by atoms with Gasteiger partial charge in [-0.15, -0.1) is 0 Å². The molecule has 2 aromatic carbocycles. The standard InChI is InChI=1S/C34H43ClN4O4Si/c1-34(2,3)44(4,5)43-31-15-10-18-39(33(41)42-22-24-11-7-6-8-12-24)30(31)20-27(40)21-38-23-36-29-17-16-28(37-32(29)38)25-13-9-14-26(35)19-25/h6-9,11-14,16-17,19,23,27,30-31,40H,10,15,18,20-22H2,1-5H3/t27?,30-,31+/m1/s1. The summed E-state index contributed by atoms with van der Waals surface area (Å²) < 4.78 is 14.6. The van der Waals surface area contributed by atoms with E-state index in [1.807, 2.05) is 71.3 Å². The first-order valence-corrected chi connectivity index (χ1v) is 18.6. The fraction of sp³-hybridized carbons (Fsp3) is 0.441. The molecule has 4 aromatic rings. The van der Waals surface area contributed by atoms with E-state index in [2.05, 4.69) is 38.8 Å². The predicted octanol–water partition coefficient (Wildman–Crippen LogP) is 7.69. The van der Waals surface area contributed by atoms with Crippen LogP contribution in [0.4, 0.5) is 4.79 Å². The van der Waals surface area contributed by atoms with E-state index in [9.17, 15) is 9.90 Å². The van der Waals surface area contributed by atoms with E-state index >= 15 is 0 Å². The van der Waals surface area contributed by atoms with E-state index in [4.69, 9.17) is 25.7 Å². The summed E-state index contributed by atoms with van der Waals surface area (Å²) >= 11 is 6.22. The Labute approximate surface area is 266 Å². The average Bonchev–Trinajstić information content (AvgIpc) is 3.38. The number of fused-ring (bicyclic) bond motifs is 1. The Morgan fingerprint density at radius 3 is 2.61 bits per heavy atom. The zero-order chi connectivity index (χ0) is 31.5. The first-order chi connectivity index (χ1) is 20.9. The van der Waals surface area contributed by atoms with Crippen molar-refractivity contribution in [2.24, 2.45) is 0 Å². The van der Waals surface area contributed by atoms with Gasteiger partial charge in [0.15, 0.2) is 14.0 Å². The van der Waals surface area contributed by atoms with Crippen LogP contribution >= 0.6 is 11.6 Å². The highest BCUT2D eigenvalue weighted by molar-refractivity contribution is 6.74. The second kappa shape index (κ2) is 13.4. The molecule has 234 valence electrons. The molecule has 1 fully saturated rings. The van der Waals surface area contributed by atoms with Crippen LogP contribution in [0, 0.1) is 0 Å². The lowest BCUT2D eigenvalue weighted by atomic mass is 9.94. The van der Waals surface area contributed by atoms with E-state index in [-0.39, 0.29) is 36.4 Å². The number of hydrogen-bond donors (Lipinski definition) is 1. The molecule has 0 bridgehead atoms. The number of aliphatic hydroxyl groups excluding tert-OH is 1. The van der Waals surface area contributed by atoms with Crippen molar-refractivity contribution >= 4 is 37.2 Å². The molecule has 1 unspecified atom stereocenters. The molecule has 8 nitrogen and oxygen atoms in total. The van der Waals surface area contributed by atoms with Gasteiger partial charge in [-0.2, -0.15) is 0 Å². The van der Waals surface area contributed by atoms with Crippen molar-refractivity contribution in [2.75, 3.05) is 6.54 Å². The summed E-state index contributed by atoms with van der Waals surface area (Å²) in [5.74, 6) is 0. The zero-order valence-electron chi connectivity index (χ0n) is 26.2. The van der Waals surface area contributed by atoms with Crippen LogP contribution in [0.3, 0.4) is 0 Å². The number of amides is 1. The molecule has 0 spiro atoms. The monoisotopic (exact) mass is 634 g/mol. The van der Waals surface area contributed by atoms with Crippen LogP contribution in [0.25, 0.3) is 22.4 Å². The molecule has 2 aromatic heterocycles. The van der Waals surface area contributed by atoms with E-state index < -0.39 is 14.4 Å². The number of hydrogen-bond acceptors (Lipinski definition) is 6. The maximum absolute atomic E-state index is 13.5. The molecule has 1 saturated heterocycles. The third kappa shape index (κ3) is 7.51. The summed E-state index contributed by atoms with van der Waals surface area (Å²) in [6.45, 7) is 12.1. The number of pyridine rings is 1. The minimum absolute atomic E-state index is 0.00828. The topological polar surface area (TPSA) is 89.7 Å². The molecule has 1 aliphatic heterocycles. The second-order valence-corrected chi connectivity index (χ2v) is 18.4. The van der Waals surface area contributed by atoms with Gasteiger partial charge in [-0.25, -0.2) is 14.8 Å². The number of carbonyl (C=O) groups is 1. The molecule has 5 rings (SSSR count). The normalized spacial score (nSPS) is 18.4. The minimum atomic E-state index is -2.16. The molecule has 3 heterocycles. The molecule has 0 saturated carbocycles. The van der Waals surface area contributed by atoms with E-state index in [1.165, 1.54) is 0 Å². The van der Waals surface area contributed by atoms with E-state index in [1.54, 1.807) is 11.2 Å². The molecule has 1 N–H and O–H groups in total. The summed E-state index contributed by atoms with van der Waals surface area (Å²) in [4.78, 5) is 24.7. The molecular formula is C34H43ClN4O4Si. The van der Waals surface area contributed by atoms with Crippen LogP contribution in [0.2, 0.25) is 23.2 Å². The lowest BCUT2D eigenvalue weighted by Crippen LogP contribution is -2.57. The molecule has 1 amide bonds. The Kier molecular flexibility index (Phi) is 9.79. The van der Waals surface area contributed by atoms with Gasteiger partial charge in [0.05, 0.1) is 36.8 Å². The highest BCUT2D eigenvalue weighted by Gasteiger charge is 2.44. The average molecular weight is 635 g/mol. The SMILES string of the molecule is CC(C)(C)[Si](C)(C)O[C@H]1CCCN(C(=O)OCc2ccccc2)[C@@H]1CC(O)Cn1cnc2ccc(-c3cccc(Cl)c3)nc21. The van der Waals surface area contributed by atoms with Crippen molar-refractivity contribution in [3.8, 4) is 11.3 Å². The Hall–Kier alpha value is -3.24. The Bertz CT molecular complexity index is 1570. The van der Waals surface area contributed by atoms with E-state index in [0.717, 1.165) is 35.2 Å². The van der Waals surface area contributed by atoms with Crippen LogP contribution in [0.1, 0.15) is 45.6 Å². The number of rotatable bonds is 9. The highest BCUT2D eigenvalue weighted by Crippen LogP contribution is 2.40. The summed E-state index contributed by atoms with van der Waals surface area (Å²) in [6, 6.07) is 20.8. The Morgan fingerprint density at radius 2 is 1.89 bits per heavy atom. The minimum Gasteiger partial charge on any atom is -0.445 e. The van der Waals surface area contributed by atoms with Gasteiger partial charge in [0, 0.05) is 17.1 Å². The zero-order valence-corrected chi connectivity index (χ0v) is 28.0. The van der Waals surface area contributed by atoms with Gasteiger partial charge in [-0.1, -0.05) is 74.8 Å². The number of benzene rings is 2. The summed E-state index contributed by atoms with van der Waals surface area (Å²) in [6.07, 6.45) is 2.33. The molecule has 10 heteroatoms. The van der Waals surface area contributed by atoms with Crippen LogP contribution in [-0.4, -0.2) is 63.7 Å². The fourth-order valence-corrected chi connectivity index (χ4v) is 7.06.